The molecule has 1 aliphatic carbocycles. The maximum Gasteiger partial charge on any atom is 0.241 e. The summed E-state index contributed by atoms with van der Waals surface area (Å²) in [5.74, 6) is 0.710. The lowest BCUT2D eigenvalue weighted by atomic mass is 10.1. The minimum absolute atomic E-state index is 0.00437. The van der Waals surface area contributed by atoms with Gasteiger partial charge in [0.25, 0.3) is 0 Å². The zero-order chi connectivity index (χ0) is 14.9. The summed E-state index contributed by atoms with van der Waals surface area (Å²) < 4.78 is 27.9. The highest BCUT2D eigenvalue weighted by Crippen LogP contribution is 2.34. The summed E-state index contributed by atoms with van der Waals surface area (Å²) in [6.45, 7) is 5.63. The van der Waals surface area contributed by atoms with E-state index in [1.165, 1.54) is 12.8 Å². The van der Waals surface area contributed by atoms with Crippen molar-refractivity contribution < 1.29 is 8.42 Å². The Hall–Kier alpha value is -1.07. The van der Waals surface area contributed by atoms with Crippen LogP contribution in [0.25, 0.3) is 0 Å². The van der Waals surface area contributed by atoms with Crippen molar-refractivity contribution in [2.24, 2.45) is 5.92 Å². The van der Waals surface area contributed by atoms with Gasteiger partial charge < -0.3 is 5.32 Å². The molecule has 0 aliphatic heterocycles. The van der Waals surface area contributed by atoms with Crippen molar-refractivity contribution in [3.05, 3.63) is 23.3 Å². The smallest absolute Gasteiger partial charge is 0.241 e. The van der Waals surface area contributed by atoms with Crippen LogP contribution in [0.15, 0.2) is 17.0 Å². The number of hydrogen-bond donors (Lipinski definition) is 2. The number of anilines is 1. The van der Waals surface area contributed by atoms with Gasteiger partial charge >= 0.3 is 0 Å². The van der Waals surface area contributed by atoms with E-state index in [4.69, 9.17) is 0 Å². The summed E-state index contributed by atoms with van der Waals surface area (Å²) in [6, 6.07) is 3.73. The van der Waals surface area contributed by atoms with Crippen LogP contribution in [0.4, 0.5) is 5.69 Å². The van der Waals surface area contributed by atoms with E-state index < -0.39 is 10.0 Å². The van der Waals surface area contributed by atoms with Gasteiger partial charge in [0.1, 0.15) is 0 Å². The number of nitrogens with one attached hydrogen (secondary N) is 2. The summed E-state index contributed by atoms with van der Waals surface area (Å²) in [4.78, 5) is 0.416. The van der Waals surface area contributed by atoms with E-state index in [1.54, 1.807) is 0 Å². The van der Waals surface area contributed by atoms with Crippen LogP contribution in [0.3, 0.4) is 0 Å². The fraction of sp³-hybridized carbons (Fsp3) is 0.600. The minimum atomic E-state index is -3.44. The predicted molar refractivity (Wildman–Crippen MR) is 82.6 cm³/mol. The monoisotopic (exact) mass is 296 g/mol. The number of hydrogen-bond acceptors (Lipinski definition) is 3. The topological polar surface area (TPSA) is 58.2 Å². The van der Waals surface area contributed by atoms with E-state index in [2.05, 4.69) is 10.0 Å². The highest BCUT2D eigenvalue weighted by Gasteiger charge is 2.27. The lowest BCUT2D eigenvalue weighted by molar-refractivity contribution is 0.529. The number of rotatable bonds is 6. The molecule has 1 aromatic rings. The average Bonchev–Trinajstić information content (AvgIpc) is 3.10. The third-order valence-electron chi connectivity index (χ3n) is 3.76. The molecular formula is C15H24N2O2S. The molecule has 1 unspecified atom stereocenters. The van der Waals surface area contributed by atoms with Gasteiger partial charge in [0, 0.05) is 18.8 Å². The van der Waals surface area contributed by atoms with E-state index in [1.807, 2.05) is 40.0 Å². The van der Waals surface area contributed by atoms with Gasteiger partial charge in [-0.15, -0.1) is 0 Å². The van der Waals surface area contributed by atoms with Crippen LogP contribution in [0, 0.1) is 19.8 Å². The Bertz CT molecular complexity index is 569. The molecule has 1 aliphatic rings. The van der Waals surface area contributed by atoms with Crippen molar-refractivity contribution in [2.45, 2.75) is 51.0 Å². The third kappa shape index (κ3) is 3.52. The molecule has 0 radical (unpaired) electrons. The summed E-state index contributed by atoms with van der Waals surface area (Å²) >= 11 is 0. The summed E-state index contributed by atoms with van der Waals surface area (Å²) in [6.07, 6.45) is 3.41. The Morgan fingerprint density at radius 2 is 1.80 bits per heavy atom. The molecule has 20 heavy (non-hydrogen) atoms. The van der Waals surface area contributed by atoms with Crippen LogP contribution < -0.4 is 10.0 Å². The highest BCUT2D eigenvalue weighted by molar-refractivity contribution is 7.89. The second-order valence-electron chi connectivity index (χ2n) is 5.89. The molecule has 0 amide bonds. The molecule has 0 bridgehead atoms. The maximum absolute atomic E-state index is 12.6. The van der Waals surface area contributed by atoms with E-state index in [0.717, 1.165) is 23.2 Å². The van der Waals surface area contributed by atoms with Crippen molar-refractivity contribution >= 4 is 15.7 Å². The lowest BCUT2D eigenvalue weighted by Crippen LogP contribution is -2.33. The van der Waals surface area contributed by atoms with Crippen LogP contribution in [-0.2, 0) is 10.0 Å². The molecule has 1 saturated carbocycles. The second-order valence-corrected chi connectivity index (χ2v) is 7.54. The van der Waals surface area contributed by atoms with Gasteiger partial charge in [-0.1, -0.05) is 12.8 Å². The van der Waals surface area contributed by atoms with E-state index in [-0.39, 0.29) is 6.04 Å². The summed E-state index contributed by atoms with van der Waals surface area (Å²) in [7, 11) is -1.61. The Balaban J connectivity index is 2.24. The Labute approximate surface area is 122 Å². The molecule has 1 fully saturated rings. The Morgan fingerprint density at radius 3 is 2.25 bits per heavy atom. The van der Waals surface area contributed by atoms with Crippen LogP contribution in [0.2, 0.25) is 0 Å². The highest BCUT2D eigenvalue weighted by atomic mass is 32.2. The quantitative estimate of drug-likeness (QED) is 0.848. The van der Waals surface area contributed by atoms with E-state index in [9.17, 15) is 8.42 Å². The molecule has 1 atom stereocenters. The first-order valence-electron chi connectivity index (χ1n) is 7.15. The number of sulfonamides is 1. The number of aryl methyl sites for hydroxylation is 2. The molecule has 112 valence electrons. The first kappa shape index (κ1) is 15.3. The molecule has 2 N–H and O–H groups in total. The van der Waals surface area contributed by atoms with E-state index >= 15 is 0 Å². The van der Waals surface area contributed by atoms with Gasteiger partial charge in [-0.25, -0.2) is 13.1 Å². The van der Waals surface area contributed by atoms with Gasteiger partial charge in [0.15, 0.2) is 0 Å². The van der Waals surface area contributed by atoms with Gasteiger partial charge in [-0.3, -0.25) is 0 Å². The molecule has 0 spiro atoms. The molecule has 1 aromatic carbocycles. The summed E-state index contributed by atoms with van der Waals surface area (Å²) in [5.41, 5.74) is 2.49. The predicted octanol–water partition coefficient (Wildman–Crippen LogP) is 2.81. The zero-order valence-corrected chi connectivity index (χ0v) is 13.5. The number of benzene rings is 1. The van der Waals surface area contributed by atoms with E-state index in [0.29, 0.717) is 10.8 Å². The lowest BCUT2D eigenvalue weighted by Gasteiger charge is -2.17. The van der Waals surface area contributed by atoms with Crippen LogP contribution >= 0.6 is 0 Å². The molecule has 4 nitrogen and oxygen atoms in total. The van der Waals surface area contributed by atoms with Crippen LogP contribution in [-0.4, -0.2) is 21.5 Å². The van der Waals surface area contributed by atoms with Crippen molar-refractivity contribution in [3.8, 4) is 0 Å². The average molecular weight is 296 g/mol. The molecule has 0 heterocycles. The van der Waals surface area contributed by atoms with Gasteiger partial charge in [-0.2, -0.15) is 0 Å². The molecule has 2 rings (SSSR count). The third-order valence-corrected chi connectivity index (χ3v) is 5.65. The van der Waals surface area contributed by atoms with Crippen LogP contribution in [0.5, 0.6) is 0 Å². The van der Waals surface area contributed by atoms with Gasteiger partial charge in [-0.05, 0) is 56.4 Å². The standard InChI is InChI=1S/C15H24N2O2S/c1-10-7-14(16-4)8-11(2)15(10)20(18,19)17-12(3)9-13-5-6-13/h7-8,12-13,16-17H,5-6,9H2,1-4H3. The second kappa shape index (κ2) is 5.74. The Kier molecular flexibility index (Phi) is 4.39. The fourth-order valence-corrected chi connectivity index (χ4v) is 4.45. The largest absolute Gasteiger partial charge is 0.388 e. The fourth-order valence-electron chi connectivity index (χ4n) is 2.74. The SMILES string of the molecule is CNc1cc(C)c(S(=O)(=O)NC(C)CC2CC2)c(C)c1. The summed E-state index contributed by atoms with van der Waals surface area (Å²) in [5, 5.41) is 3.05. The first-order chi connectivity index (χ1) is 9.33. The van der Waals surface area contributed by atoms with Crippen molar-refractivity contribution in [1.82, 2.24) is 4.72 Å². The molecule has 5 heteroatoms. The van der Waals surface area contributed by atoms with Gasteiger partial charge in [0.2, 0.25) is 10.0 Å². The van der Waals surface area contributed by atoms with Gasteiger partial charge in [0.05, 0.1) is 4.90 Å². The maximum atomic E-state index is 12.6. The molecule has 0 saturated heterocycles. The Morgan fingerprint density at radius 1 is 1.25 bits per heavy atom. The van der Waals surface area contributed by atoms with Crippen molar-refractivity contribution in [2.75, 3.05) is 12.4 Å². The zero-order valence-electron chi connectivity index (χ0n) is 12.7. The first-order valence-corrected chi connectivity index (χ1v) is 8.63. The van der Waals surface area contributed by atoms with Crippen molar-refractivity contribution in [1.29, 1.82) is 0 Å². The van der Waals surface area contributed by atoms with Crippen LogP contribution in [0.1, 0.15) is 37.3 Å². The minimum Gasteiger partial charge on any atom is -0.388 e. The molecular weight excluding hydrogens is 272 g/mol. The normalized spacial score (nSPS) is 17.0. The molecule has 0 aromatic heterocycles. The van der Waals surface area contributed by atoms with Crippen molar-refractivity contribution in [3.63, 3.8) is 0 Å².